The zero-order valence-corrected chi connectivity index (χ0v) is 16.1. The first-order valence-corrected chi connectivity index (χ1v) is 9.53. The van der Waals surface area contributed by atoms with E-state index in [1.807, 2.05) is 30.5 Å². The molecule has 2 aromatic heterocycles. The molecule has 0 amide bonds. The zero-order valence-electron chi connectivity index (χ0n) is 16.1. The number of methoxy groups -OCH3 is 1. The van der Waals surface area contributed by atoms with Gasteiger partial charge in [0.05, 0.1) is 26.0 Å². The van der Waals surface area contributed by atoms with Crippen LogP contribution in [-0.2, 0) is 19.4 Å². The summed E-state index contributed by atoms with van der Waals surface area (Å²) in [7, 11) is 1.70. The molecular weight excluding hydrogens is 350 g/mol. The van der Waals surface area contributed by atoms with E-state index in [0.717, 1.165) is 55.6 Å². The largest absolute Gasteiger partial charge is 0.497 e. The Morgan fingerprint density at radius 1 is 1.11 bits per heavy atom. The highest BCUT2D eigenvalue weighted by molar-refractivity contribution is 5.41. The summed E-state index contributed by atoms with van der Waals surface area (Å²) in [6, 6.07) is 16.4. The molecule has 0 unspecified atom stereocenters. The molecule has 1 aliphatic rings. The lowest BCUT2D eigenvalue weighted by Gasteiger charge is -2.32. The zero-order chi connectivity index (χ0) is 19.2. The third kappa shape index (κ3) is 4.52. The normalized spacial score (nSPS) is 13.8. The van der Waals surface area contributed by atoms with Gasteiger partial charge in [-0.1, -0.05) is 18.2 Å². The lowest BCUT2D eigenvalue weighted by Crippen LogP contribution is -2.38. The van der Waals surface area contributed by atoms with Gasteiger partial charge in [0, 0.05) is 24.5 Å². The minimum absolute atomic E-state index is 0.793. The van der Waals surface area contributed by atoms with Gasteiger partial charge in [0.25, 0.3) is 0 Å². The van der Waals surface area contributed by atoms with Gasteiger partial charge in [-0.05, 0) is 54.9 Å². The molecule has 0 radical (unpaired) electrons. The predicted octanol–water partition coefficient (Wildman–Crippen LogP) is 3.39. The monoisotopic (exact) mass is 375 g/mol. The van der Waals surface area contributed by atoms with Gasteiger partial charge in [0.15, 0.2) is 5.82 Å². The van der Waals surface area contributed by atoms with Gasteiger partial charge in [0.1, 0.15) is 5.75 Å². The fourth-order valence-corrected chi connectivity index (χ4v) is 3.36. The Balaban J connectivity index is 1.35. The second-order valence-electron chi connectivity index (χ2n) is 6.92. The van der Waals surface area contributed by atoms with Crippen LogP contribution in [0.3, 0.4) is 0 Å². The van der Waals surface area contributed by atoms with Crippen LogP contribution in [-0.4, -0.2) is 40.4 Å². The van der Waals surface area contributed by atoms with Crippen molar-refractivity contribution in [3.63, 3.8) is 0 Å². The van der Waals surface area contributed by atoms with Crippen molar-refractivity contribution in [1.82, 2.24) is 20.1 Å². The fourth-order valence-electron chi connectivity index (χ4n) is 3.36. The molecule has 28 heavy (non-hydrogen) atoms. The van der Waals surface area contributed by atoms with E-state index in [2.05, 4.69) is 61.5 Å². The maximum Gasteiger partial charge on any atom is 0.152 e. The van der Waals surface area contributed by atoms with Crippen LogP contribution >= 0.6 is 0 Å². The van der Waals surface area contributed by atoms with Crippen LogP contribution in [0.15, 0.2) is 67.0 Å². The molecule has 1 aliphatic heterocycles. The van der Waals surface area contributed by atoms with E-state index in [9.17, 15) is 0 Å². The highest BCUT2D eigenvalue weighted by atomic mass is 16.5. The van der Waals surface area contributed by atoms with Crippen molar-refractivity contribution >= 4 is 5.82 Å². The summed E-state index contributed by atoms with van der Waals surface area (Å²) in [5.74, 6) is 1.88. The Morgan fingerprint density at radius 2 is 2.07 bits per heavy atom. The summed E-state index contributed by atoms with van der Waals surface area (Å²) in [5.41, 5.74) is 3.47. The standard InChI is InChI=1S/C22H25N5O/c1-28-21-8-4-6-18(14-21)9-10-19-15-22(25-24-19)27-13-5-12-26(17-27)16-20-7-2-3-11-23-20/h2-8,11-12,14-15H,9-10,13,16-17H2,1H3,(H,24,25). The quantitative estimate of drug-likeness (QED) is 0.686. The van der Waals surface area contributed by atoms with Crippen molar-refractivity contribution in [2.75, 3.05) is 25.2 Å². The first-order chi connectivity index (χ1) is 13.8. The number of nitrogens with zero attached hydrogens (tertiary/aromatic N) is 4. The molecule has 6 heteroatoms. The van der Waals surface area contributed by atoms with Crippen molar-refractivity contribution in [3.8, 4) is 5.75 Å². The minimum Gasteiger partial charge on any atom is -0.497 e. The number of anilines is 1. The molecule has 0 atom stereocenters. The van der Waals surface area contributed by atoms with Gasteiger partial charge in [-0.15, -0.1) is 0 Å². The van der Waals surface area contributed by atoms with Crippen LogP contribution < -0.4 is 9.64 Å². The molecule has 0 aliphatic carbocycles. The average Bonchev–Trinajstić information content (AvgIpc) is 3.23. The molecule has 0 fully saturated rings. The number of benzene rings is 1. The van der Waals surface area contributed by atoms with E-state index in [-0.39, 0.29) is 0 Å². The molecule has 3 heterocycles. The van der Waals surface area contributed by atoms with Crippen molar-refractivity contribution < 1.29 is 4.74 Å². The number of hydrogen-bond acceptors (Lipinski definition) is 5. The third-order valence-corrected chi connectivity index (χ3v) is 4.84. The van der Waals surface area contributed by atoms with Crippen molar-refractivity contribution in [2.45, 2.75) is 19.4 Å². The van der Waals surface area contributed by atoms with Gasteiger partial charge < -0.3 is 14.5 Å². The van der Waals surface area contributed by atoms with Crippen LogP contribution in [0, 0.1) is 0 Å². The summed E-state index contributed by atoms with van der Waals surface area (Å²) >= 11 is 0. The van der Waals surface area contributed by atoms with Gasteiger partial charge in [0.2, 0.25) is 0 Å². The number of aromatic nitrogens is 3. The lowest BCUT2D eigenvalue weighted by atomic mass is 10.1. The molecular formula is C22H25N5O. The summed E-state index contributed by atoms with van der Waals surface area (Å²) in [6.45, 7) is 2.45. The number of aromatic amines is 1. The molecule has 4 rings (SSSR count). The molecule has 0 saturated heterocycles. The number of aryl methyl sites for hydroxylation is 2. The van der Waals surface area contributed by atoms with Gasteiger partial charge in [-0.3, -0.25) is 10.1 Å². The average molecular weight is 375 g/mol. The molecule has 0 spiro atoms. The molecule has 0 bridgehead atoms. The van der Waals surface area contributed by atoms with E-state index in [1.54, 1.807) is 7.11 Å². The Morgan fingerprint density at radius 3 is 2.93 bits per heavy atom. The summed E-state index contributed by atoms with van der Waals surface area (Å²) in [6.07, 6.45) is 8.01. The highest BCUT2D eigenvalue weighted by Gasteiger charge is 2.16. The maximum atomic E-state index is 5.30. The smallest absolute Gasteiger partial charge is 0.152 e. The van der Waals surface area contributed by atoms with Gasteiger partial charge >= 0.3 is 0 Å². The second kappa shape index (κ2) is 8.61. The van der Waals surface area contributed by atoms with Crippen LogP contribution in [0.2, 0.25) is 0 Å². The first-order valence-electron chi connectivity index (χ1n) is 9.53. The van der Waals surface area contributed by atoms with Crippen molar-refractivity contribution in [2.24, 2.45) is 0 Å². The molecule has 6 nitrogen and oxygen atoms in total. The molecule has 144 valence electrons. The lowest BCUT2D eigenvalue weighted by molar-refractivity contribution is 0.350. The summed E-state index contributed by atoms with van der Waals surface area (Å²) in [5, 5.41) is 7.72. The number of rotatable bonds is 7. The van der Waals surface area contributed by atoms with E-state index >= 15 is 0 Å². The number of H-pyrrole nitrogens is 1. The first kappa shape index (κ1) is 18.1. The molecule has 1 aromatic carbocycles. The van der Waals surface area contributed by atoms with E-state index in [4.69, 9.17) is 4.74 Å². The second-order valence-corrected chi connectivity index (χ2v) is 6.92. The van der Waals surface area contributed by atoms with Crippen LogP contribution in [0.5, 0.6) is 5.75 Å². The Kier molecular flexibility index (Phi) is 5.56. The van der Waals surface area contributed by atoms with E-state index in [0.29, 0.717) is 0 Å². The molecule has 3 aromatic rings. The fraction of sp³-hybridized carbons (Fsp3) is 0.273. The number of pyridine rings is 1. The van der Waals surface area contributed by atoms with Crippen molar-refractivity contribution in [1.29, 1.82) is 0 Å². The SMILES string of the molecule is COc1cccc(CCc2cc(N3CC=CN(Cc4ccccn4)C3)n[nH]2)c1. The van der Waals surface area contributed by atoms with Gasteiger partial charge in [-0.25, -0.2) is 0 Å². The highest BCUT2D eigenvalue weighted by Crippen LogP contribution is 2.19. The predicted molar refractivity (Wildman–Crippen MR) is 110 cm³/mol. The number of nitrogens with one attached hydrogen (secondary N) is 1. The maximum absolute atomic E-state index is 5.30. The van der Waals surface area contributed by atoms with Gasteiger partial charge in [-0.2, -0.15) is 5.10 Å². The Hall–Kier alpha value is -3.28. The van der Waals surface area contributed by atoms with Crippen LogP contribution in [0.25, 0.3) is 0 Å². The topological polar surface area (TPSA) is 57.3 Å². The van der Waals surface area contributed by atoms with Crippen LogP contribution in [0.1, 0.15) is 17.0 Å². The summed E-state index contributed by atoms with van der Waals surface area (Å²) < 4.78 is 5.30. The Bertz CT molecular complexity index is 921. The number of ether oxygens (including phenoxy) is 1. The van der Waals surface area contributed by atoms with E-state index in [1.165, 1.54) is 5.56 Å². The van der Waals surface area contributed by atoms with Crippen molar-refractivity contribution in [3.05, 3.63) is 84.0 Å². The minimum atomic E-state index is 0.793. The third-order valence-electron chi connectivity index (χ3n) is 4.84. The number of hydrogen-bond donors (Lipinski definition) is 1. The summed E-state index contributed by atoms with van der Waals surface area (Å²) in [4.78, 5) is 8.92. The Labute approximate surface area is 165 Å². The molecule has 0 saturated carbocycles. The molecule has 1 N–H and O–H groups in total. The van der Waals surface area contributed by atoms with E-state index < -0.39 is 0 Å². The van der Waals surface area contributed by atoms with Crippen LogP contribution in [0.4, 0.5) is 5.82 Å².